The fraction of sp³-hybridized carbons (Fsp3) is 0.148. The van der Waals surface area contributed by atoms with Crippen LogP contribution in [0.4, 0.5) is 0 Å². The van der Waals surface area contributed by atoms with Crippen molar-refractivity contribution in [3.05, 3.63) is 100 Å². The first-order chi connectivity index (χ1) is 17.6. The van der Waals surface area contributed by atoms with Gasteiger partial charge in [0.05, 0.1) is 30.9 Å². The van der Waals surface area contributed by atoms with Crippen molar-refractivity contribution < 1.29 is 9.26 Å². The molecule has 9 heteroatoms. The molecule has 0 saturated carbocycles. The molecular weight excluding hydrogens is 456 g/mol. The molecule has 0 bridgehead atoms. The van der Waals surface area contributed by atoms with Gasteiger partial charge in [-0.05, 0) is 37.3 Å². The van der Waals surface area contributed by atoms with E-state index in [1.165, 1.54) is 5.56 Å². The minimum atomic E-state index is -0.0276. The van der Waals surface area contributed by atoms with Gasteiger partial charge in [-0.2, -0.15) is 4.98 Å². The van der Waals surface area contributed by atoms with Crippen molar-refractivity contribution in [2.24, 2.45) is 0 Å². The number of rotatable bonds is 6. The number of aryl methyl sites for hydroxylation is 1. The lowest BCUT2D eigenvalue weighted by Crippen LogP contribution is -2.12. The van der Waals surface area contributed by atoms with Gasteiger partial charge in [0.2, 0.25) is 11.7 Å². The van der Waals surface area contributed by atoms with E-state index in [2.05, 4.69) is 25.0 Å². The first kappa shape index (κ1) is 21.7. The van der Waals surface area contributed by atoms with Crippen LogP contribution in [0, 0.1) is 6.92 Å². The minimum absolute atomic E-state index is 0.0276. The Hall–Kier alpha value is -4.79. The Morgan fingerprint density at radius 3 is 2.58 bits per heavy atom. The number of nitrogens with zero attached hydrogens (tertiary/aromatic N) is 6. The fourth-order valence-electron chi connectivity index (χ4n) is 4.33. The maximum absolute atomic E-state index is 13.2. The average molecular weight is 479 g/mol. The number of methoxy groups -OCH3 is 1. The summed E-state index contributed by atoms with van der Waals surface area (Å²) in [6.07, 6.45) is 1.85. The molecule has 3 aromatic heterocycles. The summed E-state index contributed by atoms with van der Waals surface area (Å²) in [6.45, 7) is 2.76. The van der Waals surface area contributed by atoms with Crippen molar-refractivity contribution in [3.63, 3.8) is 0 Å². The van der Waals surface area contributed by atoms with Crippen molar-refractivity contribution in [1.82, 2.24) is 29.7 Å². The molecule has 6 rings (SSSR count). The van der Waals surface area contributed by atoms with Crippen molar-refractivity contribution >= 4 is 21.8 Å². The van der Waals surface area contributed by atoms with E-state index >= 15 is 0 Å². The molecule has 3 heterocycles. The zero-order chi connectivity index (χ0) is 24.6. The molecule has 0 radical (unpaired) electrons. The summed E-state index contributed by atoms with van der Waals surface area (Å²) in [5.41, 5.74) is 4.39. The Balaban J connectivity index is 1.31. The molecule has 0 N–H and O–H groups in total. The van der Waals surface area contributed by atoms with E-state index in [9.17, 15) is 4.79 Å². The van der Waals surface area contributed by atoms with E-state index in [0.29, 0.717) is 41.3 Å². The van der Waals surface area contributed by atoms with Crippen LogP contribution in [0.25, 0.3) is 33.2 Å². The quantitative estimate of drug-likeness (QED) is 0.331. The standard InChI is InChI=1S/C27H22N6O3/c1-17-7-9-18(10-8-17)27-28-25(36-30-27)16-32-14-19(29-31-32)15-33-23-6-4-3-5-21(23)26(34)22-13-20(35-2)11-12-24(22)33/h3-14H,15-16H2,1-2H3. The van der Waals surface area contributed by atoms with Crippen molar-refractivity contribution in [2.45, 2.75) is 20.0 Å². The van der Waals surface area contributed by atoms with E-state index in [1.54, 1.807) is 17.9 Å². The number of fused-ring (bicyclic) bond motifs is 2. The maximum atomic E-state index is 13.2. The van der Waals surface area contributed by atoms with Crippen LogP contribution in [-0.4, -0.2) is 36.8 Å². The van der Waals surface area contributed by atoms with Crippen LogP contribution < -0.4 is 10.2 Å². The Morgan fingerprint density at radius 2 is 1.75 bits per heavy atom. The third kappa shape index (κ3) is 3.90. The van der Waals surface area contributed by atoms with E-state index in [4.69, 9.17) is 9.26 Å². The van der Waals surface area contributed by atoms with Gasteiger partial charge in [-0.25, -0.2) is 4.68 Å². The number of hydrogen-bond acceptors (Lipinski definition) is 7. The number of aromatic nitrogens is 6. The Bertz CT molecular complexity index is 1760. The molecule has 0 amide bonds. The lowest BCUT2D eigenvalue weighted by molar-refractivity contribution is 0.364. The van der Waals surface area contributed by atoms with Gasteiger partial charge in [-0.1, -0.05) is 52.3 Å². The van der Waals surface area contributed by atoms with Crippen LogP contribution in [0.15, 0.2) is 82.2 Å². The summed E-state index contributed by atoms with van der Waals surface area (Å²) in [7, 11) is 1.59. The predicted octanol–water partition coefficient (Wildman–Crippen LogP) is 4.21. The van der Waals surface area contributed by atoms with Gasteiger partial charge in [0.25, 0.3) is 0 Å². The summed E-state index contributed by atoms with van der Waals surface area (Å²) in [4.78, 5) is 17.7. The van der Waals surface area contributed by atoms with Gasteiger partial charge in [-0.3, -0.25) is 4.79 Å². The maximum Gasteiger partial charge on any atom is 0.248 e. The highest BCUT2D eigenvalue weighted by molar-refractivity contribution is 5.94. The Morgan fingerprint density at radius 1 is 0.944 bits per heavy atom. The van der Waals surface area contributed by atoms with Crippen LogP contribution >= 0.6 is 0 Å². The highest BCUT2D eigenvalue weighted by atomic mass is 16.5. The summed E-state index contributed by atoms with van der Waals surface area (Å²) in [5.74, 6) is 1.61. The number of benzene rings is 3. The van der Waals surface area contributed by atoms with Crippen molar-refractivity contribution in [2.75, 3.05) is 7.11 Å². The molecule has 0 aliphatic rings. The van der Waals surface area contributed by atoms with Crippen LogP contribution in [-0.2, 0) is 13.1 Å². The van der Waals surface area contributed by atoms with Gasteiger partial charge in [-0.15, -0.1) is 5.10 Å². The highest BCUT2D eigenvalue weighted by Gasteiger charge is 2.14. The molecule has 0 aliphatic heterocycles. The predicted molar refractivity (Wildman–Crippen MR) is 135 cm³/mol. The normalized spacial score (nSPS) is 11.4. The zero-order valence-electron chi connectivity index (χ0n) is 19.8. The second-order valence-electron chi connectivity index (χ2n) is 8.60. The molecule has 0 spiro atoms. The Kier molecular flexibility index (Phi) is 5.29. The van der Waals surface area contributed by atoms with Gasteiger partial charge in [0.1, 0.15) is 18.0 Å². The Labute approximate surface area is 205 Å². The van der Waals surface area contributed by atoms with Crippen LogP contribution in [0.1, 0.15) is 17.1 Å². The van der Waals surface area contributed by atoms with Gasteiger partial charge >= 0.3 is 0 Å². The molecule has 0 fully saturated rings. The molecule has 178 valence electrons. The molecular formula is C27H22N6O3. The first-order valence-electron chi connectivity index (χ1n) is 11.5. The first-order valence-corrected chi connectivity index (χ1v) is 11.5. The van der Waals surface area contributed by atoms with E-state index in [1.807, 2.05) is 73.8 Å². The lowest BCUT2D eigenvalue weighted by atomic mass is 10.1. The molecule has 3 aromatic carbocycles. The van der Waals surface area contributed by atoms with E-state index in [0.717, 1.165) is 22.3 Å². The van der Waals surface area contributed by atoms with Crippen LogP contribution in [0.2, 0.25) is 0 Å². The molecule has 36 heavy (non-hydrogen) atoms. The van der Waals surface area contributed by atoms with Crippen molar-refractivity contribution in [3.8, 4) is 17.1 Å². The average Bonchev–Trinajstić information content (AvgIpc) is 3.56. The van der Waals surface area contributed by atoms with Crippen LogP contribution in [0.5, 0.6) is 5.75 Å². The largest absolute Gasteiger partial charge is 0.497 e. The summed E-state index contributed by atoms with van der Waals surface area (Å²) in [5, 5.41) is 13.9. The SMILES string of the molecule is COc1ccc2c(c1)c(=O)c1ccccc1n2Cc1cn(Cc2nc(-c3ccc(C)cc3)no2)nn1. The second-order valence-corrected chi connectivity index (χ2v) is 8.60. The summed E-state index contributed by atoms with van der Waals surface area (Å²) in [6, 6.07) is 21.0. The summed E-state index contributed by atoms with van der Waals surface area (Å²) >= 11 is 0. The zero-order valence-corrected chi connectivity index (χ0v) is 19.8. The second kappa shape index (κ2) is 8.77. The molecule has 0 aliphatic carbocycles. The molecule has 9 nitrogen and oxygen atoms in total. The monoisotopic (exact) mass is 478 g/mol. The highest BCUT2D eigenvalue weighted by Crippen LogP contribution is 2.24. The van der Waals surface area contributed by atoms with Crippen molar-refractivity contribution in [1.29, 1.82) is 0 Å². The van der Waals surface area contributed by atoms with E-state index < -0.39 is 0 Å². The van der Waals surface area contributed by atoms with Gasteiger partial charge in [0, 0.05) is 16.3 Å². The minimum Gasteiger partial charge on any atom is -0.497 e. The third-order valence-electron chi connectivity index (χ3n) is 6.16. The molecule has 0 unspecified atom stereocenters. The lowest BCUT2D eigenvalue weighted by Gasteiger charge is -2.14. The third-order valence-corrected chi connectivity index (χ3v) is 6.16. The smallest absolute Gasteiger partial charge is 0.248 e. The molecule has 0 atom stereocenters. The number of ether oxygens (including phenoxy) is 1. The number of pyridine rings is 1. The number of para-hydroxylation sites is 1. The van der Waals surface area contributed by atoms with Crippen LogP contribution in [0.3, 0.4) is 0 Å². The number of hydrogen-bond donors (Lipinski definition) is 0. The molecule has 0 saturated heterocycles. The molecule has 6 aromatic rings. The summed E-state index contributed by atoms with van der Waals surface area (Å²) < 4.78 is 14.5. The van der Waals surface area contributed by atoms with Gasteiger partial charge in [0.15, 0.2) is 5.43 Å². The van der Waals surface area contributed by atoms with Gasteiger partial charge < -0.3 is 13.8 Å². The van der Waals surface area contributed by atoms with E-state index in [-0.39, 0.29) is 5.43 Å². The fourth-order valence-corrected chi connectivity index (χ4v) is 4.33. The topological polar surface area (TPSA) is 101 Å².